The highest BCUT2D eigenvalue weighted by Crippen LogP contribution is 2.28. The van der Waals surface area contributed by atoms with Gasteiger partial charge in [-0.2, -0.15) is 0 Å². The molecule has 4 rings (SSSR count). The predicted molar refractivity (Wildman–Crippen MR) is 104 cm³/mol. The molecule has 6 heteroatoms. The van der Waals surface area contributed by atoms with Crippen LogP contribution in [-0.2, 0) is 13.0 Å². The number of amidine groups is 1. The summed E-state index contributed by atoms with van der Waals surface area (Å²) in [6.07, 6.45) is 5.33. The average molecular weight is 347 g/mol. The molecule has 0 aliphatic carbocycles. The fourth-order valence-electron chi connectivity index (χ4n) is 3.32. The molecule has 0 bridgehead atoms. The van der Waals surface area contributed by atoms with Gasteiger partial charge in [0, 0.05) is 42.8 Å². The molecule has 0 unspecified atom stereocenters. The Hall–Kier alpha value is -2.99. The molecule has 132 valence electrons. The zero-order chi connectivity index (χ0) is 18.1. The van der Waals surface area contributed by atoms with Crippen molar-refractivity contribution in [2.24, 2.45) is 10.7 Å². The maximum absolute atomic E-state index is 12.7. The molecule has 3 heterocycles. The van der Waals surface area contributed by atoms with Crippen molar-refractivity contribution in [1.82, 2.24) is 10.3 Å². The van der Waals surface area contributed by atoms with E-state index in [1.54, 1.807) is 12.3 Å². The van der Waals surface area contributed by atoms with Crippen molar-refractivity contribution in [3.8, 4) is 0 Å². The van der Waals surface area contributed by atoms with Crippen LogP contribution >= 0.6 is 0 Å². The number of pyridine rings is 1. The third-order valence-corrected chi connectivity index (χ3v) is 4.59. The van der Waals surface area contributed by atoms with Crippen LogP contribution in [0.15, 0.2) is 41.0 Å². The Morgan fingerprint density at radius 1 is 1.31 bits per heavy atom. The van der Waals surface area contributed by atoms with Gasteiger partial charge in [-0.3, -0.25) is 9.78 Å². The van der Waals surface area contributed by atoms with Crippen LogP contribution in [0.5, 0.6) is 0 Å². The van der Waals surface area contributed by atoms with Gasteiger partial charge in [0.1, 0.15) is 5.84 Å². The molecular weight excluding hydrogens is 326 g/mol. The Morgan fingerprint density at radius 3 is 3.08 bits per heavy atom. The number of amides is 1. The highest BCUT2D eigenvalue weighted by molar-refractivity contribution is 6.05. The monoisotopic (exact) mass is 347 g/mol. The molecule has 6 nitrogen and oxygen atoms in total. The van der Waals surface area contributed by atoms with E-state index in [2.05, 4.69) is 26.7 Å². The van der Waals surface area contributed by atoms with Gasteiger partial charge in [-0.25, -0.2) is 4.99 Å². The van der Waals surface area contributed by atoms with Crippen molar-refractivity contribution < 1.29 is 4.79 Å². The van der Waals surface area contributed by atoms with Crippen molar-refractivity contribution in [2.75, 3.05) is 11.9 Å². The van der Waals surface area contributed by atoms with Gasteiger partial charge in [-0.1, -0.05) is 17.7 Å². The van der Waals surface area contributed by atoms with Crippen LogP contribution in [0.3, 0.4) is 0 Å². The van der Waals surface area contributed by atoms with E-state index < -0.39 is 0 Å². The van der Waals surface area contributed by atoms with Gasteiger partial charge in [0.25, 0.3) is 5.91 Å². The normalized spacial score (nSPS) is 15.9. The number of nitrogens with two attached hydrogens (primary N) is 1. The molecule has 1 amide bonds. The molecule has 4 N–H and O–H groups in total. The first-order valence-corrected chi connectivity index (χ1v) is 8.72. The number of nitrogens with one attached hydrogen (secondary N) is 2. The summed E-state index contributed by atoms with van der Waals surface area (Å²) in [6.45, 7) is 3.75. The lowest BCUT2D eigenvalue weighted by Crippen LogP contribution is -2.24. The van der Waals surface area contributed by atoms with Crippen LogP contribution < -0.4 is 16.4 Å². The fraction of sp³-hybridized carbons (Fsp3) is 0.250. The van der Waals surface area contributed by atoms with Gasteiger partial charge >= 0.3 is 0 Å². The molecule has 0 saturated carbocycles. The third-order valence-electron chi connectivity index (χ3n) is 4.59. The zero-order valence-corrected chi connectivity index (χ0v) is 14.7. The Labute approximate surface area is 152 Å². The SMILES string of the molecule is CC1=Cc2ccc(C(=O)Nc3cnc4c(c3)CNCC4)cc2N=C(N)C1. The molecule has 0 fully saturated rings. The van der Waals surface area contributed by atoms with Crippen LogP contribution in [0.2, 0.25) is 0 Å². The highest BCUT2D eigenvalue weighted by atomic mass is 16.1. The van der Waals surface area contributed by atoms with Crippen LogP contribution in [0.4, 0.5) is 11.4 Å². The number of nitrogens with zero attached hydrogens (tertiary/aromatic N) is 2. The number of hydrogen-bond donors (Lipinski definition) is 3. The van der Waals surface area contributed by atoms with E-state index in [9.17, 15) is 4.79 Å². The Kier molecular flexibility index (Phi) is 4.26. The van der Waals surface area contributed by atoms with Crippen molar-refractivity contribution >= 4 is 29.2 Å². The average Bonchev–Trinajstić information content (AvgIpc) is 2.77. The number of fused-ring (bicyclic) bond motifs is 2. The number of hydrogen-bond acceptors (Lipinski definition) is 5. The summed E-state index contributed by atoms with van der Waals surface area (Å²) < 4.78 is 0. The number of aromatic nitrogens is 1. The maximum Gasteiger partial charge on any atom is 0.255 e. The van der Waals surface area contributed by atoms with Gasteiger partial charge in [0.15, 0.2) is 0 Å². The summed E-state index contributed by atoms with van der Waals surface area (Å²) in [5.41, 5.74) is 12.3. The lowest BCUT2D eigenvalue weighted by Gasteiger charge is -2.17. The number of anilines is 1. The molecule has 26 heavy (non-hydrogen) atoms. The molecular formula is C20H21N5O. The molecule has 0 atom stereocenters. The maximum atomic E-state index is 12.7. The Morgan fingerprint density at radius 2 is 2.19 bits per heavy atom. The summed E-state index contributed by atoms with van der Waals surface area (Å²) in [7, 11) is 0. The summed E-state index contributed by atoms with van der Waals surface area (Å²) in [6, 6.07) is 7.48. The predicted octanol–water partition coefficient (Wildman–Crippen LogP) is 2.78. The lowest BCUT2D eigenvalue weighted by molar-refractivity contribution is 0.102. The second-order valence-corrected chi connectivity index (χ2v) is 6.75. The van der Waals surface area contributed by atoms with Crippen LogP contribution in [0, 0.1) is 0 Å². The number of carbonyl (C=O) groups is 1. The van der Waals surface area contributed by atoms with E-state index in [4.69, 9.17) is 5.73 Å². The first-order chi connectivity index (χ1) is 12.6. The fourth-order valence-corrected chi connectivity index (χ4v) is 3.32. The quantitative estimate of drug-likeness (QED) is 0.779. The minimum atomic E-state index is -0.183. The molecule has 0 radical (unpaired) electrons. The van der Waals surface area contributed by atoms with E-state index in [1.165, 1.54) is 0 Å². The minimum absolute atomic E-state index is 0.183. The van der Waals surface area contributed by atoms with Crippen LogP contribution in [0.1, 0.15) is 40.5 Å². The molecule has 1 aromatic carbocycles. The lowest BCUT2D eigenvalue weighted by atomic mass is 10.1. The Bertz CT molecular complexity index is 945. The molecule has 2 aromatic rings. The standard InChI is InChI=1S/C20H21N5O/c1-12-6-13-2-3-14(9-18(13)25-19(21)7-12)20(26)24-16-8-15-10-22-5-4-17(15)23-11-16/h2-3,6,8-9,11,22H,4-5,7,10H2,1H3,(H2,21,25)(H,24,26). The minimum Gasteiger partial charge on any atom is -0.387 e. The zero-order valence-electron chi connectivity index (χ0n) is 14.7. The van der Waals surface area contributed by atoms with Crippen LogP contribution in [0.25, 0.3) is 6.08 Å². The second kappa shape index (κ2) is 6.72. The van der Waals surface area contributed by atoms with E-state index in [-0.39, 0.29) is 5.91 Å². The van der Waals surface area contributed by atoms with Crippen LogP contribution in [-0.4, -0.2) is 23.3 Å². The first kappa shape index (κ1) is 16.5. The molecule has 2 aliphatic heterocycles. The highest BCUT2D eigenvalue weighted by Gasteiger charge is 2.14. The first-order valence-electron chi connectivity index (χ1n) is 8.72. The van der Waals surface area contributed by atoms with Gasteiger partial charge in [0.05, 0.1) is 17.6 Å². The number of benzene rings is 1. The van der Waals surface area contributed by atoms with Crippen molar-refractivity contribution in [3.05, 3.63) is 58.4 Å². The Balaban J connectivity index is 1.59. The topological polar surface area (TPSA) is 92.4 Å². The summed E-state index contributed by atoms with van der Waals surface area (Å²) in [4.78, 5) is 21.6. The van der Waals surface area contributed by atoms with E-state index >= 15 is 0 Å². The molecule has 2 aliphatic rings. The molecule has 0 saturated heterocycles. The van der Waals surface area contributed by atoms with E-state index in [0.717, 1.165) is 47.6 Å². The van der Waals surface area contributed by atoms with Crippen molar-refractivity contribution in [2.45, 2.75) is 26.3 Å². The second-order valence-electron chi connectivity index (χ2n) is 6.75. The van der Waals surface area contributed by atoms with Crippen molar-refractivity contribution in [1.29, 1.82) is 0 Å². The third kappa shape index (κ3) is 3.36. The number of aliphatic imine (C=N–C) groups is 1. The molecule has 0 spiro atoms. The van der Waals surface area contributed by atoms with E-state index in [1.807, 2.05) is 25.1 Å². The number of carbonyl (C=O) groups excluding carboxylic acids is 1. The van der Waals surface area contributed by atoms with Gasteiger partial charge in [-0.05, 0) is 30.7 Å². The summed E-state index contributed by atoms with van der Waals surface area (Å²) >= 11 is 0. The van der Waals surface area contributed by atoms with Gasteiger partial charge < -0.3 is 16.4 Å². The smallest absolute Gasteiger partial charge is 0.255 e. The van der Waals surface area contributed by atoms with E-state index in [0.29, 0.717) is 23.5 Å². The van der Waals surface area contributed by atoms with Crippen molar-refractivity contribution in [3.63, 3.8) is 0 Å². The van der Waals surface area contributed by atoms with Gasteiger partial charge in [0.2, 0.25) is 0 Å². The molecule has 1 aromatic heterocycles. The van der Waals surface area contributed by atoms with Gasteiger partial charge in [-0.15, -0.1) is 0 Å². The summed E-state index contributed by atoms with van der Waals surface area (Å²) in [5, 5.41) is 6.24. The number of rotatable bonds is 2. The summed E-state index contributed by atoms with van der Waals surface area (Å²) in [5.74, 6) is 0.374. The largest absolute Gasteiger partial charge is 0.387 e.